The summed E-state index contributed by atoms with van der Waals surface area (Å²) in [4.78, 5) is 6.69. The van der Waals surface area contributed by atoms with Crippen LogP contribution in [0.25, 0.3) is 11.3 Å². The fraction of sp³-hybridized carbons (Fsp3) is 0.0968. The number of pyridine rings is 1. The lowest BCUT2D eigenvalue weighted by Gasteiger charge is -2.26. The Morgan fingerprint density at radius 1 is 0.868 bits per heavy atom. The number of nitrogens with one attached hydrogen (secondary N) is 1. The number of furan rings is 1. The third-order valence-corrected chi connectivity index (χ3v) is 7.08. The number of nitrogens with zero attached hydrogens (tertiary/aromatic N) is 2. The molecule has 3 aromatic carbocycles. The summed E-state index contributed by atoms with van der Waals surface area (Å²) in [6.07, 6.45) is 1.79. The van der Waals surface area contributed by atoms with Gasteiger partial charge in [-0.3, -0.25) is 4.98 Å². The Hall–Kier alpha value is -4.13. The van der Waals surface area contributed by atoms with Crippen LogP contribution in [0.3, 0.4) is 0 Å². The van der Waals surface area contributed by atoms with Gasteiger partial charge < -0.3 is 19.4 Å². The fourth-order valence-corrected chi connectivity index (χ4v) is 5.09. The van der Waals surface area contributed by atoms with E-state index in [0.29, 0.717) is 10.1 Å². The van der Waals surface area contributed by atoms with Crippen LogP contribution in [0, 0.1) is 6.92 Å². The fourth-order valence-electron chi connectivity index (χ4n) is 4.62. The molecule has 6 rings (SSSR count). The van der Waals surface area contributed by atoms with Crippen molar-refractivity contribution < 1.29 is 9.15 Å². The van der Waals surface area contributed by atoms with Crippen LogP contribution in [0.5, 0.6) is 11.5 Å². The van der Waals surface area contributed by atoms with Crippen molar-refractivity contribution in [3.63, 3.8) is 0 Å². The van der Waals surface area contributed by atoms with Crippen molar-refractivity contribution in [2.45, 2.75) is 19.0 Å². The molecule has 1 saturated heterocycles. The summed E-state index contributed by atoms with van der Waals surface area (Å²) in [7, 11) is 0. The smallest absolute Gasteiger partial charge is 0.174 e. The van der Waals surface area contributed by atoms with Gasteiger partial charge in [-0.15, -0.1) is 0 Å². The van der Waals surface area contributed by atoms with Crippen LogP contribution in [-0.4, -0.2) is 10.1 Å². The summed E-state index contributed by atoms with van der Waals surface area (Å²) >= 11 is 11.9. The molecule has 1 N–H and O–H groups in total. The Morgan fingerprint density at radius 2 is 1.58 bits per heavy atom. The Kier molecular flexibility index (Phi) is 6.58. The Morgan fingerprint density at radius 3 is 2.26 bits per heavy atom. The average molecular weight is 538 g/mol. The highest BCUT2D eigenvalue weighted by Gasteiger charge is 2.42. The number of halogens is 1. The number of rotatable bonds is 6. The Bertz CT molecular complexity index is 1550. The molecule has 5 nitrogen and oxygen atoms in total. The molecule has 0 radical (unpaired) electrons. The normalized spacial score (nSPS) is 16.9. The topological polar surface area (TPSA) is 50.5 Å². The van der Waals surface area contributed by atoms with E-state index in [4.69, 9.17) is 33.0 Å². The van der Waals surface area contributed by atoms with Gasteiger partial charge >= 0.3 is 0 Å². The molecule has 5 aromatic rings. The lowest BCUT2D eigenvalue weighted by Crippen LogP contribution is -2.29. The third kappa shape index (κ3) is 4.88. The zero-order chi connectivity index (χ0) is 26.1. The van der Waals surface area contributed by atoms with E-state index < -0.39 is 0 Å². The Balaban J connectivity index is 1.34. The molecule has 0 amide bonds. The van der Waals surface area contributed by atoms with E-state index in [2.05, 4.69) is 22.1 Å². The molecular weight excluding hydrogens is 514 g/mol. The quantitative estimate of drug-likeness (QED) is 0.220. The largest absolute Gasteiger partial charge is 0.459 e. The summed E-state index contributed by atoms with van der Waals surface area (Å²) in [6.45, 7) is 2.05. The average Bonchev–Trinajstić information content (AvgIpc) is 3.56. The number of hydrogen-bond acceptors (Lipinski definition) is 4. The number of benzene rings is 3. The number of aromatic nitrogens is 1. The molecular formula is C31H24ClN3O2S. The summed E-state index contributed by atoms with van der Waals surface area (Å²) in [5, 5.41) is 4.75. The van der Waals surface area contributed by atoms with Crippen LogP contribution >= 0.6 is 23.8 Å². The summed E-state index contributed by atoms with van der Waals surface area (Å²) in [5.74, 6) is 3.07. The van der Waals surface area contributed by atoms with Crippen LogP contribution in [0.1, 0.15) is 29.1 Å². The van der Waals surface area contributed by atoms with E-state index in [1.54, 1.807) is 6.20 Å². The first-order valence-corrected chi connectivity index (χ1v) is 13.0. The standard InChI is InChI=1S/C31H24ClN3O2S/c1-20-5-13-24(14-6-20)36-25-15-11-23(12-16-25)35-30(29(34-31(35)38)26-4-2-3-19-33-26)28-18-17-27(37-28)21-7-9-22(32)10-8-21/h2-19,29-30H,1H3,(H,34,38)/t29-,30+/m0/s1. The molecule has 3 heterocycles. The highest BCUT2D eigenvalue weighted by Crippen LogP contribution is 2.43. The lowest BCUT2D eigenvalue weighted by molar-refractivity contribution is 0.439. The van der Waals surface area contributed by atoms with E-state index in [0.717, 1.165) is 40.0 Å². The van der Waals surface area contributed by atoms with Gasteiger partial charge in [0.15, 0.2) is 5.11 Å². The van der Waals surface area contributed by atoms with E-state index in [-0.39, 0.29) is 12.1 Å². The van der Waals surface area contributed by atoms with Gasteiger partial charge in [-0.25, -0.2) is 0 Å². The number of anilines is 1. The van der Waals surface area contributed by atoms with Gasteiger partial charge in [0.25, 0.3) is 0 Å². The van der Waals surface area contributed by atoms with Crippen molar-refractivity contribution in [1.29, 1.82) is 0 Å². The predicted molar refractivity (Wildman–Crippen MR) is 155 cm³/mol. The van der Waals surface area contributed by atoms with Crippen LogP contribution < -0.4 is 15.0 Å². The van der Waals surface area contributed by atoms with Crippen LogP contribution in [-0.2, 0) is 0 Å². The highest BCUT2D eigenvalue weighted by molar-refractivity contribution is 7.80. The number of aryl methyl sites for hydroxylation is 1. The molecule has 2 atom stereocenters. The SMILES string of the molecule is Cc1ccc(Oc2ccc(N3C(=S)N[C@@H](c4ccccn4)[C@H]3c3ccc(-c4ccc(Cl)cc4)o3)cc2)cc1. The molecule has 1 aliphatic heterocycles. The minimum Gasteiger partial charge on any atom is -0.459 e. The lowest BCUT2D eigenvalue weighted by atomic mass is 10.0. The van der Waals surface area contributed by atoms with E-state index >= 15 is 0 Å². The molecule has 1 aliphatic rings. The van der Waals surface area contributed by atoms with Gasteiger partial charge in [0.05, 0.1) is 11.7 Å². The van der Waals surface area contributed by atoms with Gasteiger partial charge in [0, 0.05) is 22.5 Å². The summed E-state index contributed by atoms with van der Waals surface area (Å²) in [5.41, 5.74) is 3.94. The molecule has 0 unspecified atom stereocenters. The maximum absolute atomic E-state index is 6.42. The second-order valence-corrected chi connectivity index (χ2v) is 9.94. The number of hydrogen-bond donors (Lipinski definition) is 1. The van der Waals surface area contributed by atoms with Gasteiger partial charge in [-0.2, -0.15) is 0 Å². The molecule has 0 bridgehead atoms. The maximum atomic E-state index is 6.42. The molecule has 0 spiro atoms. The van der Waals surface area contributed by atoms with Crippen molar-refractivity contribution in [3.05, 3.63) is 131 Å². The molecule has 188 valence electrons. The van der Waals surface area contributed by atoms with E-state index in [1.165, 1.54) is 5.56 Å². The van der Waals surface area contributed by atoms with Crippen molar-refractivity contribution in [2.75, 3.05) is 4.90 Å². The zero-order valence-corrected chi connectivity index (χ0v) is 22.1. The molecule has 38 heavy (non-hydrogen) atoms. The molecule has 1 fully saturated rings. The second-order valence-electron chi connectivity index (χ2n) is 9.11. The minimum absolute atomic E-state index is 0.198. The first kappa shape index (κ1) is 24.2. The van der Waals surface area contributed by atoms with Crippen molar-refractivity contribution in [3.8, 4) is 22.8 Å². The zero-order valence-electron chi connectivity index (χ0n) is 20.5. The van der Waals surface area contributed by atoms with Gasteiger partial charge in [0.1, 0.15) is 29.1 Å². The van der Waals surface area contributed by atoms with Crippen LogP contribution in [0.4, 0.5) is 5.69 Å². The number of thiocarbonyl (C=S) groups is 1. The highest BCUT2D eigenvalue weighted by atomic mass is 35.5. The molecule has 7 heteroatoms. The van der Waals surface area contributed by atoms with Crippen LogP contribution in [0.2, 0.25) is 5.02 Å². The first-order chi connectivity index (χ1) is 18.5. The van der Waals surface area contributed by atoms with E-state index in [1.807, 2.05) is 103 Å². The van der Waals surface area contributed by atoms with Crippen LogP contribution in [0.15, 0.2) is 114 Å². The first-order valence-electron chi connectivity index (χ1n) is 12.3. The molecule has 2 aromatic heterocycles. The second kappa shape index (κ2) is 10.3. The summed E-state index contributed by atoms with van der Waals surface area (Å²) in [6, 6.07) is 32.9. The monoisotopic (exact) mass is 537 g/mol. The van der Waals surface area contributed by atoms with E-state index in [9.17, 15) is 0 Å². The summed E-state index contributed by atoms with van der Waals surface area (Å²) < 4.78 is 12.5. The third-order valence-electron chi connectivity index (χ3n) is 6.52. The van der Waals surface area contributed by atoms with Gasteiger partial charge in [0.2, 0.25) is 0 Å². The number of ether oxygens (including phenoxy) is 1. The molecule has 0 aliphatic carbocycles. The van der Waals surface area contributed by atoms with Crippen molar-refractivity contribution in [2.24, 2.45) is 0 Å². The van der Waals surface area contributed by atoms with Gasteiger partial charge in [-0.1, -0.05) is 35.4 Å². The van der Waals surface area contributed by atoms with Crippen molar-refractivity contribution in [1.82, 2.24) is 10.3 Å². The van der Waals surface area contributed by atoms with Crippen molar-refractivity contribution >= 4 is 34.6 Å². The molecule has 0 saturated carbocycles. The minimum atomic E-state index is -0.248. The predicted octanol–water partition coefficient (Wildman–Crippen LogP) is 8.27. The Labute approximate surface area is 231 Å². The maximum Gasteiger partial charge on any atom is 0.174 e. The van der Waals surface area contributed by atoms with Gasteiger partial charge in [-0.05, 0) is 104 Å².